The first-order valence-corrected chi connectivity index (χ1v) is 13.7. The van der Waals surface area contributed by atoms with E-state index in [-0.39, 0.29) is 35.9 Å². The molecule has 0 aromatic heterocycles. The third-order valence-corrected chi connectivity index (χ3v) is 10.7. The Morgan fingerprint density at radius 2 is 2.00 bits per heavy atom. The summed E-state index contributed by atoms with van der Waals surface area (Å²) in [4.78, 5) is 25.7. The van der Waals surface area contributed by atoms with Gasteiger partial charge in [0.25, 0.3) is 0 Å². The van der Waals surface area contributed by atoms with E-state index in [1.807, 2.05) is 33.8 Å². The number of hydrogen-bond donors (Lipinski definition) is 3. The molecule has 1 aliphatic heterocycles. The number of fused-ring (bicyclic) bond motifs is 7. The molecule has 0 aromatic carbocycles. The second-order valence-electron chi connectivity index (χ2n) is 12.8. The average molecular weight is 503 g/mol. The highest BCUT2D eigenvalue weighted by atomic mass is 16.8. The molecular weight excluding hydrogens is 460 g/mol. The van der Waals surface area contributed by atoms with Crippen LogP contribution in [-0.4, -0.2) is 63.2 Å². The number of aliphatic hydroxyl groups excluding tert-OH is 3. The van der Waals surface area contributed by atoms with Gasteiger partial charge in [-0.1, -0.05) is 46.3 Å². The Labute approximate surface area is 213 Å². The van der Waals surface area contributed by atoms with E-state index >= 15 is 0 Å². The average Bonchev–Trinajstić information content (AvgIpc) is 3.27. The van der Waals surface area contributed by atoms with Gasteiger partial charge in [-0.3, -0.25) is 9.59 Å². The molecule has 0 radical (unpaired) electrons. The van der Waals surface area contributed by atoms with Crippen LogP contribution in [-0.2, 0) is 19.1 Å². The molecule has 7 nitrogen and oxygen atoms in total. The van der Waals surface area contributed by atoms with E-state index in [4.69, 9.17) is 9.47 Å². The number of aliphatic hydroxyl groups is 3. The summed E-state index contributed by atoms with van der Waals surface area (Å²) in [5, 5.41) is 32.6. The fourth-order valence-electron chi connectivity index (χ4n) is 8.81. The van der Waals surface area contributed by atoms with Gasteiger partial charge >= 0.3 is 0 Å². The normalized spacial score (nSPS) is 48.2. The van der Waals surface area contributed by atoms with E-state index in [0.29, 0.717) is 19.3 Å². The molecule has 1 saturated heterocycles. The molecule has 200 valence electrons. The molecule has 0 aromatic rings. The van der Waals surface area contributed by atoms with Gasteiger partial charge in [0.05, 0.1) is 18.3 Å². The largest absolute Gasteiger partial charge is 0.393 e. The second kappa shape index (κ2) is 8.57. The lowest BCUT2D eigenvalue weighted by atomic mass is 9.46. The highest BCUT2D eigenvalue weighted by Gasteiger charge is 2.77. The minimum absolute atomic E-state index is 0.000229. The van der Waals surface area contributed by atoms with Gasteiger partial charge in [-0.2, -0.15) is 0 Å². The molecule has 3 saturated carbocycles. The fourth-order valence-corrected chi connectivity index (χ4v) is 8.81. The maximum absolute atomic E-state index is 13.6. The second-order valence-corrected chi connectivity index (χ2v) is 12.8. The number of rotatable bonds is 6. The molecule has 3 N–H and O–H groups in total. The summed E-state index contributed by atoms with van der Waals surface area (Å²) in [7, 11) is 0. The maximum Gasteiger partial charge on any atom is 0.193 e. The first-order chi connectivity index (χ1) is 16.9. The van der Waals surface area contributed by atoms with Gasteiger partial charge in [-0.15, -0.1) is 0 Å². The van der Waals surface area contributed by atoms with E-state index in [0.717, 1.165) is 18.4 Å². The van der Waals surface area contributed by atoms with Crippen molar-refractivity contribution in [3.05, 3.63) is 23.8 Å². The molecule has 0 bridgehead atoms. The first-order valence-electron chi connectivity index (χ1n) is 13.7. The van der Waals surface area contributed by atoms with Gasteiger partial charge in [-0.05, 0) is 62.0 Å². The molecule has 4 fully saturated rings. The van der Waals surface area contributed by atoms with E-state index < -0.39 is 52.9 Å². The van der Waals surface area contributed by atoms with Crippen molar-refractivity contribution < 1.29 is 34.4 Å². The summed E-state index contributed by atoms with van der Waals surface area (Å²) >= 11 is 0. The van der Waals surface area contributed by atoms with Gasteiger partial charge in [0.2, 0.25) is 0 Å². The van der Waals surface area contributed by atoms with Crippen molar-refractivity contribution in [1.29, 1.82) is 0 Å². The predicted octanol–water partition coefficient (Wildman–Crippen LogP) is 3.10. The van der Waals surface area contributed by atoms with Crippen molar-refractivity contribution in [2.24, 2.45) is 34.5 Å². The Hall–Kier alpha value is -1.38. The van der Waals surface area contributed by atoms with Crippen LogP contribution in [0, 0.1) is 34.5 Å². The molecule has 5 rings (SSSR count). The Balaban J connectivity index is 1.55. The number of Topliss-reactive ketones (excluding diaryl/α,β-unsaturated/α-hetero) is 1. The number of carbonyl (C=O) groups excluding carboxylic acids is 2. The molecule has 0 spiro atoms. The SMILES string of the molecule is CCC1(CC(O)C(C)C)O[C@@H]2C[C@H]3[C@@H]4CCC5=CC(=O)C=C[C@]5(C)[C@H]4C(O)C[C@]3(C)[C@]2(C(=O)CO)O1. The summed E-state index contributed by atoms with van der Waals surface area (Å²) in [6.07, 6.45) is 6.69. The molecular formula is C29H42O7. The quantitative estimate of drug-likeness (QED) is 0.511. The lowest BCUT2D eigenvalue weighted by Crippen LogP contribution is -2.64. The Morgan fingerprint density at radius 3 is 2.64 bits per heavy atom. The smallest absolute Gasteiger partial charge is 0.193 e. The zero-order valence-corrected chi connectivity index (χ0v) is 22.2. The summed E-state index contributed by atoms with van der Waals surface area (Å²) in [5.41, 5.74) is -1.43. The van der Waals surface area contributed by atoms with Gasteiger partial charge in [0.1, 0.15) is 6.61 Å². The molecule has 5 aliphatic rings. The van der Waals surface area contributed by atoms with Gasteiger partial charge in [0, 0.05) is 23.2 Å². The van der Waals surface area contributed by atoms with Crippen LogP contribution in [0.4, 0.5) is 0 Å². The molecule has 10 atom stereocenters. The molecule has 3 unspecified atom stereocenters. The third kappa shape index (κ3) is 3.35. The van der Waals surface area contributed by atoms with E-state index in [2.05, 4.69) is 6.92 Å². The Kier molecular flexibility index (Phi) is 6.24. The summed E-state index contributed by atoms with van der Waals surface area (Å²) < 4.78 is 13.4. The van der Waals surface area contributed by atoms with Gasteiger partial charge < -0.3 is 24.8 Å². The minimum Gasteiger partial charge on any atom is -0.393 e. The fraction of sp³-hybridized carbons (Fsp3) is 0.793. The third-order valence-electron chi connectivity index (χ3n) is 10.7. The van der Waals surface area contributed by atoms with Crippen molar-refractivity contribution in [2.75, 3.05) is 6.61 Å². The highest BCUT2D eigenvalue weighted by Crippen LogP contribution is 2.70. The standard InChI is InChI=1S/C29H42O7/c1-6-28(14-21(32)16(2)3)35-24-12-20-19-8-7-17-11-18(31)9-10-26(17,4)25(19)22(33)13-27(20,5)29(24,36-28)23(34)15-30/h9-11,16,19-22,24-25,30,32-33H,6-8,12-15H2,1-5H3/t19-,20-,21?,22?,24+,25+,26-,27-,28?,29+/m0/s1. The van der Waals surface area contributed by atoms with Crippen molar-refractivity contribution in [1.82, 2.24) is 0 Å². The van der Waals surface area contributed by atoms with E-state index in [9.17, 15) is 24.9 Å². The zero-order valence-electron chi connectivity index (χ0n) is 22.2. The first kappa shape index (κ1) is 26.2. The number of allylic oxidation sites excluding steroid dienone is 4. The number of hydrogen-bond acceptors (Lipinski definition) is 7. The lowest BCUT2D eigenvalue weighted by molar-refractivity contribution is -0.249. The number of ether oxygens (including phenoxy) is 2. The zero-order chi connectivity index (χ0) is 26.3. The summed E-state index contributed by atoms with van der Waals surface area (Å²) in [5.74, 6) is -1.40. The highest BCUT2D eigenvalue weighted by molar-refractivity contribution is 6.01. The monoisotopic (exact) mass is 502 g/mol. The van der Waals surface area contributed by atoms with Crippen molar-refractivity contribution in [3.63, 3.8) is 0 Å². The molecule has 36 heavy (non-hydrogen) atoms. The predicted molar refractivity (Wildman–Crippen MR) is 133 cm³/mol. The minimum atomic E-state index is -1.37. The Bertz CT molecular complexity index is 1000. The Morgan fingerprint density at radius 1 is 1.28 bits per heavy atom. The van der Waals surface area contributed by atoms with Crippen LogP contribution < -0.4 is 0 Å². The summed E-state index contributed by atoms with van der Waals surface area (Å²) in [6.45, 7) is 9.31. The van der Waals surface area contributed by atoms with Gasteiger partial charge in [-0.25, -0.2) is 0 Å². The van der Waals surface area contributed by atoms with Crippen LogP contribution in [0.15, 0.2) is 23.8 Å². The number of ketones is 2. The molecule has 1 heterocycles. The van der Waals surface area contributed by atoms with Crippen LogP contribution >= 0.6 is 0 Å². The molecule has 0 amide bonds. The topological polar surface area (TPSA) is 113 Å². The summed E-state index contributed by atoms with van der Waals surface area (Å²) in [6, 6.07) is 0. The van der Waals surface area contributed by atoms with Crippen LogP contribution in [0.2, 0.25) is 0 Å². The molecule has 7 heteroatoms. The number of carbonyl (C=O) groups is 2. The van der Waals surface area contributed by atoms with Crippen molar-refractivity contribution in [3.8, 4) is 0 Å². The maximum atomic E-state index is 13.6. The molecule has 4 aliphatic carbocycles. The van der Waals surface area contributed by atoms with Crippen LogP contribution in [0.5, 0.6) is 0 Å². The van der Waals surface area contributed by atoms with Crippen molar-refractivity contribution >= 4 is 11.6 Å². The lowest BCUT2D eigenvalue weighted by Gasteiger charge is -2.60. The van der Waals surface area contributed by atoms with Crippen LogP contribution in [0.25, 0.3) is 0 Å². The van der Waals surface area contributed by atoms with Crippen LogP contribution in [0.3, 0.4) is 0 Å². The van der Waals surface area contributed by atoms with E-state index in [1.54, 1.807) is 12.2 Å². The van der Waals surface area contributed by atoms with E-state index in [1.165, 1.54) is 0 Å². The van der Waals surface area contributed by atoms with Crippen molar-refractivity contribution in [2.45, 2.75) is 103 Å². The van der Waals surface area contributed by atoms with Crippen LogP contribution in [0.1, 0.15) is 73.1 Å². The van der Waals surface area contributed by atoms with Gasteiger partial charge in [0.15, 0.2) is 23.0 Å².